The summed E-state index contributed by atoms with van der Waals surface area (Å²) in [4.78, 5) is 0. The van der Waals surface area contributed by atoms with Crippen LogP contribution in [0.5, 0.6) is 11.5 Å². The number of phenolic OH excluding ortho intramolecular Hbond substituents is 2. The van der Waals surface area contributed by atoms with E-state index in [2.05, 4.69) is 6.92 Å². The lowest BCUT2D eigenvalue weighted by molar-refractivity contribution is 0.445. The van der Waals surface area contributed by atoms with E-state index < -0.39 is 0 Å². The number of hydrogen-bond acceptors (Lipinski definition) is 2. The quantitative estimate of drug-likeness (QED) is 0.708. The zero-order valence-corrected chi connectivity index (χ0v) is 8.66. The van der Waals surface area contributed by atoms with Crippen molar-refractivity contribution in [1.82, 2.24) is 0 Å². The molecule has 1 aromatic carbocycles. The third-order valence-electron chi connectivity index (χ3n) is 2.37. The number of benzene rings is 1. The highest BCUT2D eigenvalue weighted by atomic mass is 16.3. The summed E-state index contributed by atoms with van der Waals surface area (Å²) < 4.78 is 0. The molecule has 0 atom stereocenters. The summed E-state index contributed by atoms with van der Waals surface area (Å²) >= 11 is 0. The third kappa shape index (κ3) is 3.29. The normalized spacial score (nSPS) is 10.4. The largest absolute Gasteiger partial charge is 0.508 e. The molecule has 2 N–H and O–H groups in total. The van der Waals surface area contributed by atoms with Gasteiger partial charge < -0.3 is 10.2 Å². The second-order valence-electron chi connectivity index (χ2n) is 3.62. The molecule has 0 saturated carbocycles. The average Bonchev–Trinajstić information content (AvgIpc) is 2.15. The number of aryl methyl sites for hydroxylation is 1. The first-order valence-corrected chi connectivity index (χ1v) is 5.25. The van der Waals surface area contributed by atoms with Gasteiger partial charge in [-0.1, -0.05) is 32.3 Å². The van der Waals surface area contributed by atoms with Crippen LogP contribution in [0.3, 0.4) is 0 Å². The van der Waals surface area contributed by atoms with Crippen molar-refractivity contribution in [3.63, 3.8) is 0 Å². The van der Waals surface area contributed by atoms with Crippen LogP contribution >= 0.6 is 0 Å². The summed E-state index contributed by atoms with van der Waals surface area (Å²) in [6.45, 7) is 2.18. The minimum absolute atomic E-state index is 0. The summed E-state index contributed by atoms with van der Waals surface area (Å²) in [7, 11) is 0. The van der Waals surface area contributed by atoms with Gasteiger partial charge in [-0.25, -0.2) is 0 Å². The van der Waals surface area contributed by atoms with Crippen LogP contribution in [0.15, 0.2) is 18.2 Å². The average molecular weight is 196 g/mol. The van der Waals surface area contributed by atoms with E-state index in [0.29, 0.717) is 0 Å². The third-order valence-corrected chi connectivity index (χ3v) is 2.37. The molecule has 1 rings (SSSR count). The Morgan fingerprint density at radius 3 is 2.57 bits per heavy atom. The molecule has 0 aliphatic heterocycles. The highest BCUT2D eigenvalue weighted by Crippen LogP contribution is 2.24. The lowest BCUT2D eigenvalue weighted by atomic mass is 10.1. The number of hydrogen-bond donors (Lipinski definition) is 2. The van der Waals surface area contributed by atoms with E-state index in [-0.39, 0.29) is 12.9 Å². The summed E-state index contributed by atoms with van der Waals surface area (Å²) in [5, 5.41) is 18.6. The summed E-state index contributed by atoms with van der Waals surface area (Å²) in [5.74, 6) is 0.335. The molecule has 0 bridgehead atoms. The topological polar surface area (TPSA) is 40.5 Å². The highest BCUT2D eigenvalue weighted by molar-refractivity contribution is 5.38. The molecule has 80 valence electrons. The monoisotopic (exact) mass is 196 g/mol. The van der Waals surface area contributed by atoms with Gasteiger partial charge in [0, 0.05) is 7.49 Å². The zero-order chi connectivity index (χ0) is 10.4. The van der Waals surface area contributed by atoms with Crippen molar-refractivity contribution < 1.29 is 11.6 Å². The van der Waals surface area contributed by atoms with Crippen LogP contribution in [-0.4, -0.2) is 10.2 Å². The van der Waals surface area contributed by atoms with Crippen molar-refractivity contribution in [2.24, 2.45) is 0 Å². The minimum Gasteiger partial charge on any atom is -0.508 e. The Hall–Kier alpha value is -1.18. The van der Waals surface area contributed by atoms with Gasteiger partial charge in [-0.15, -0.1) is 0 Å². The van der Waals surface area contributed by atoms with E-state index in [1.807, 2.05) is 0 Å². The lowest BCUT2D eigenvalue weighted by Crippen LogP contribution is -1.86. The first kappa shape index (κ1) is 10.9. The maximum atomic E-state index is 9.49. The van der Waals surface area contributed by atoms with Crippen molar-refractivity contribution >= 4 is 0 Å². The second kappa shape index (κ2) is 5.53. The Balaban J connectivity index is 0.00000196. The Morgan fingerprint density at radius 1 is 1.14 bits per heavy atom. The lowest BCUT2D eigenvalue weighted by Gasteiger charge is -2.04. The van der Waals surface area contributed by atoms with Crippen LogP contribution in [0.4, 0.5) is 0 Å². The fourth-order valence-corrected chi connectivity index (χ4v) is 1.51. The molecular weight excluding hydrogens is 176 g/mol. The molecule has 0 aliphatic carbocycles. The summed E-state index contributed by atoms with van der Waals surface area (Å²) in [5.41, 5.74) is 0.930. The van der Waals surface area contributed by atoms with Gasteiger partial charge in [0.15, 0.2) is 0 Å². The molecule has 1 aromatic rings. The molecule has 0 spiro atoms. The Kier molecular flexibility index (Phi) is 4.30. The molecule has 2 heteroatoms. The van der Waals surface area contributed by atoms with Crippen LogP contribution in [0.1, 0.15) is 39.6 Å². The molecule has 2 nitrogen and oxygen atoms in total. The van der Waals surface area contributed by atoms with Crippen molar-refractivity contribution in [2.45, 2.75) is 39.0 Å². The molecule has 0 aliphatic rings. The fourth-order valence-electron chi connectivity index (χ4n) is 1.51. The highest BCUT2D eigenvalue weighted by Gasteiger charge is 2.01. The van der Waals surface area contributed by atoms with Crippen LogP contribution in [-0.2, 0) is 6.42 Å². The van der Waals surface area contributed by atoms with Crippen molar-refractivity contribution in [3.8, 4) is 11.5 Å². The Bertz CT molecular complexity index is 287. The zero-order valence-electron chi connectivity index (χ0n) is 8.66. The van der Waals surface area contributed by atoms with E-state index in [0.717, 1.165) is 18.4 Å². The molecule has 0 fully saturated rings. The van der Waals surface area contributed by atoms with Gasteiger partial charge >= 0.3 is 0 Å². The molecular formula is C12H20O2. The molecule has 14 heavy (non-hydrogen) atoms. The minimum atomic E-state index is 0. The van der Waals surface area contributed by atoms with Gasteiger partial charge in [0.25, 0.3) is 0 Å². The standard InChI is InChI=1S/C12H18O2.H2/c1-2-3-4-5-6-10-7-8-11(13)9-12(10)14;/h7-9,13-14H,2-6H2,1H3;1H. The maximum Gasteiger partial charge on any atom is 0.122 e. The van der Waals surface area contributed by atoms with Crippen LogP contribution in [0.2, 0.25) is 0 Å². The van der Waals surface area contributed by atoms with Gasteiger partial charge in [-0.2, -0.15) is 0 Å². The SMILES string of the molecule is CCCCCCc1ccc(O)cc1O.[HH]. The van der Waals surface area contributed by atoms with E-state index in [4.69, 9.17) is 5.11 Å². The first-order valence-electron chi connectivity index (χ1n) is 5.25. The number of phenols is 2. The molecule has 0 saturated heterocycles. The molecule has 0 amide bonds. The smallest absolute Gasteiger partial charge is 0.122 e. The predicted molar refractivity (Wildman–Crippen MR) is 59.7 cm³/mol. The van der Waals surface area contributed by atoms with Gasteiger partial charge in [-0.05, 0) is 24.5 Å². The Morgan fingerprint density at radius 2 is 1.93 bits per heavy atom. The fraction of sp³-hybridized carbons (Fsp3) is 0.500. The molecule has 0 unspecified atom stereocenters. The summed E-state index contributed by atoms with van der Waals surface area (Å²) in [6, 6.07) is 4.81. The maximum absolute atomic E-state index is 9.49. The van der Waals surface area contributed by atoms with Crippen molar-refractivity contribution in [1.29, 1.82) is 0 Å². The number of unbranched alkanes of at least 4 members (excludes halogenated alkanes) is 3. The van der Waals surface area contributed by atoms with Gasteiger partial charge in [0.2, 0.25) is 0 Å². The van der Waals surface area contributed by atoms with Gasteiger partial charge in [0.1, 0.15) is 11.5 Å². The molecule has 0 radical (unpaired) electrons. The van der Waals surface area contributed by atoms with Gasteiger partial charge in [0.05, 0.1) is 0 Å². The van der Waals surface area contributed by atoms with Crippen LogP contribution in [0.25, 0.3) is 0 Å². The second-order valence-corrected chi connectivity index (χ2v) is 3.62. The first-order chi connectivity index (χ1) is 6.74. The number of aromatic hydroxyl groups is 2. The predicted octanol–water partition coefficient (Wildman–Crippen LogP) is 3.47. The van der Waals surface area contributed by atoms with E-state index >= 15 is 0 Å². The van der Waals surface area contributed by atoms with Crippen LogP contribution < -0.4 is 0 Å². The van der Waals surface area contributed by atoms with E-state index in [9.17, 15) is 5.11 Å². The van der Waals surface area contributed by atoms with Crippen molar-refractivity contribution in [3.05, 3.63) is 23.8 Å². The molecule has 0 aromatic heterocycles. The van der Waals surface area contributed by atoms with Crippen molar-refractivity contribution in [2.75, 3.05) is 0 Å². The van der Waals surface area contributed by atoms with Gasteiger partial charge in [-0.3, -0.25) is 0 Å². The Labute approximate surface area is 86.7 Å². The molecule has 0 heterocycles. The number of rotatable bonds is 5. The summed E-state index contributed by atoms with van der Waals surface area (Å²) in [6.07, 6.45) is 5.68. The van der Waals surface area contributed by atoms with Crippen LogP contribution in [0, 0.1) is 0 Å². The van der Waals surface area contributed by atoms with E-state index in [1.54, 1.807) is 12.1 Å². The van der Waals surface area contributed by atoms with E-state index in [1.165, 1.54) is 25.3 Å².